The van der Waals surface area contributed by atoms with Gasteiger partial charge in [0.05, 0.1) is 6.61 Å². The number of carbonyl (C=O) groups is 2. The maximum atomic E-state index is 12.4. The highest BCUT2D eigenvalue weighted by Gasteiger charge is 2.24. The summed E-state index contributed by atoms with van der Waals surface area (Å²) in [6.45, 7) is 1.80. The minimum atomic E-state index is -0.196. The van der Waals surface area contributed by atoms with Gasteiger partial charge in [-0.2, -0.15) is 0 Å². The SMILES string of the molecule is O=C(NC1CCN(C(=O)CCCOc2ccccc2)CC1)c1cccc(O)c1. The first kappa shape index (κ1) is 19.7. The van der Waals surface area contributed by atoms with Gasteiger partial charge >= 0.3 is 0 Å². The zero-order valence-corrected chi connectivity index (χ0v) is 15.8. The Kier molecular flexibility index (Phi) is 6.89. The van der Waals surface area contributed by atoms with Crippen LogP contribution >= 0.6 is 0 Å². The number of amides is 2. The number of nitrogens with one attached hydrogen (secondary N) is 1. The molecule has 2 aromatic carbocycles. The normalized spacial score (nSPS) is 14.5. The summed E-state index contributed by atoms with van der Waals surface area (Å²) >= 11 is 0. The van der Waals surface area contributed by atoms with Gasteiger partial charge in [0.1, 0.15) is 11.5 Å². The third kappa shape index (κ3) is 5.74. The van der Waals surface area contributed by atoms with E-state index in [1.54, 1.807) is 12.1 Å². The van der Waals surface area contributed by atoms with Gasteiger partial charge in [0.25, 0.3) is 5.91 Å². The van der Waals surface area contributed by atoms with E-state index in [-0.39, 0.29) is 23.6 Å². The van der Waals surface area contributed by atoms with Crippen molar-refractivity contribution in [1.82, 2.24) is 10.2 Å². The third-order valence-electron chi connectivity index (χ3n) is 4.84. The third-order valence-corrected chi connectivity index (χ3v) is 4.84. The lowest BCUT2D eigenvalue weighted by Gasteiger charge is -2.32. The fourth-order valence-electron chi connectivity index (χ4n) is 3.28. The van der Waals surface area contributed by atoms with E-state index in [1.165, 1.54) is 12.1 Å². The first-order chi connectivity index (χ1) is 13.6. The summed E-state index contributed by atoms with van der Waals surface area (Å²) in [5, 5.41) is 12.5. The van der Waals surface area contributed by atoms with Crippen LogP contribution in [-0.4, -0.2) is 47.6 Å². The number of para-hydroxylation sites is 1. The van der Waals surface area contributed by atoms with Gasteiger partial charge in [-0.05, 0) is 49.6 Å². The van der Waals surface area contributed by atoms with Crippen LogP contribution in [0.4, 0.5) is 0 Å². The predicted octanol–water partition coefficient (Wildman–Crippen LogP) is 2.97. The molecule has 6 nitrogen and oxygen atoms in total. The molecule has 1 fully saturated rings. The van der Waals surface area contributed by atoms with Gasteiger partial charge in [-0.3, -0.25) is 9.59 Å². The maximum absolute atomic E-state index is 12.4. The second-order valence-corrected chi connectivity index (χ2v) is 6.94. The molecule has 0 unspecified atom stereocenters. The second kappa shape index (κ2) is 9.78. The van der Waals surface area contributed by atoms with Crippen molar-refractivity contribution in [3.8, 4) is 11.5 Å². The molecule has 1 aliphatic heterocycles. The molecule has 148 valence electrons. The number of carbonyl (C=O) groups excluding carboxylic acids is 2. The maximum Gasteiger partial charge on any atom is 0.251 e. The molecule has 2 aromatic rings. The van der Waals surface area contributed by atoms with Crippen LogP contribution in [0.3, 0.4) is 0 Å². The number of ether oxygens (including phenoxy) is 1. The number of hydrogen-bond donors (Lipinski definition) is 2. The Balaban J connectivity index is 1.35. The van der Waals surface area contributed by atoms with E-state index in [0.717, 1.165) is 18.6 Å². The van der Waals surface area contributed by atoms with Crippen LogP contribution < -0.4 is 10.1 Å². The molecule has 1 heterocycles. The Labute approximate surface area is 165 Å². The van der Waals surface area contributed by atoms with Gasteiger partial charge in [0, 0.05) is 31.1 Å². The number of aromatic hydroxyl groups is 1. The zero-order chi connectivity index (χ0) is 19.8. The number of rotatable bonds is 7. The number of phenolic OH excluding ortho intramolecular Hbond substituents is 1. The Bertz CT molecular complexity index is 786. The van der Waals surface area contributed by atoms with Crippen molar-refractivity contribution in [3.05, 3.63) is 60.2 Å². The summed E-state index contributed by atoms with van der Waals surface area (Å²) in [5.41, 5.74) is 0.442. The van der Waals surface area contributed by atoms with Crippen molar-refractivity contribution in [2.24, 2.45) is 0 Å². The van der Waals surface area contributed by atoms with Crippen molar-refractivity contribution < 1.29 is 19.4 Å². The zero-order valence-electron chi connectivity index (χ0n) is 15.8. The highest BCUT2D eigenvalue weighted by Crippen LogP contribution is 2.15. The molecule has 0 aromatic heterocycles. The molecule has 1 aliphatic rings. The first-order valence-corrected chi connectivity index (χ1v) is 9.67. The molecule has 1 saturated heterocycles. The van der Waals surface area contributed by atoms with Crippen LogP contribution in [0.5, 0.6) is 11.5 Å². The summed E-state index contributed by atoms with van der Waals surface area (Å²) in [7, 11) is 0. The molecule has 0 aliphatic carbocycles. The number of phenols is 1. The lowest BCUT2D eigenvalue weighted by Crippen LogP contribution is -2.46. The highest BCUT2D eigenvalue weighted by atomic mass is 16.5. The van der Waals surface area contributed by atoms with E-state index in [9.17, 15) is 14.7 Å². The van der Waals surface area contributed by atoms with E-state index < -0.39 is 0 Å². The minimum absolute atomic E-state index is 0.0420. The fourth-order valence-corrected chi connectivity index (χ4v) is 3.28. The van der Waals surface area contributed by atoms with Gasteiger partial charge < -0.3 is 20.1 Å². The monoisotopic (exact) mass is 382 g/mol. The summed E-state index contributed by atoms with van der Waals surface area (Å²) in [6.07, 6.45) is 2.61. The summed E-state index contributed by atoms with van der Waals surface area (Å²) in [6, 6.07) is 15.9. The number of likely N-dealkylation sites (tertiary alicyclic amines) is 1. The number of benzene rings is 2. The molecule has 0 bridgehead atoms. The molecular weight excluding hydrogens is 356 g/mol. The number of hydrogen-bond acceptors (Lipinski definition) is 4. The fraction of sp³-hybridized carbons (Fsp3) is 0.364. The lowest BCUT2D eigenvalue weighted by atomic mass is 10.0. The molecule has 0 atom stereocenters. The van der Waals surface area contributed by atoms with Gasteiger partial charge in [-0.15, -0.1) is 0 Å². The topological polar surface area (TPSA) is 78.9 Å². The minimum Gasteiger partial charge on any atom is -0.508 e. The summed E-state index contributed by atoms with van der Waals surface area (Å²) in [5.74, 6) is 0.829. The van der Waals surface area contributed by atoms with E-state index in [1.807, 2.05) is 35.2 Å². The van der Waals surface area contributed by atoms with E-state index in [4.69, 9.17) is 4.74 Å². The molecular formula is C22H26N2O4. The summed E-state index contributed by atoms with van der Waals surface area (Å²) in [4.78, 5) is 26.5. The Morgan fingerprint density at radius 1 is 1.07 bits per heavy atom. The second-order valence-electron chi connectivity index (χ2n) is 6.94. The van der Waals surface area contributed by atoms with Crippen LogP contribution in [0.15, 0.2) is 54.6 Å². The van der Waals surface area contributed by atoms with E-state index in [0.29, 0.717) is 38.1 Å². The summed E-state index contributed by atoms with van der Waals surface area (Å²) < 4.78 is 5.62. The molecule has 0 radical (unpaired) electrons. The molecule has 6 heteroatoms. The highest BCUT2D eigenvalue weighted by molar-refractivity contribution is 5.94. The van der Waals surface area contributed by atoms with Crippen molar-refractivity contribution in [1.29, 1.82) is 0 Å². The van der Waals surface area contributed by atoms with Gasteiger partial charge in [0.2, 0.25) is 5.91 Å². The van der Waals surface area contributed by atoms with Crippen molar-refractivity contribution in [3.63, 3.8) is 0 Å². The van der Waals surface area contributed by atoms with Crippen LogP contribution in [0.25, 0.3) is 0 Å². The molecule has 0 spiro atoms. The van der Waals surface area contributed by atoms with Crippen molar-refractivity contribution in [2.45, 2.75) is 31.7 Å². The quantitative estimate of drug-likeness (QED) is 0.722. The van der Waals surface area contributed by atoms with Gasteiger partial charge in [-0.1, -0.05) is 24.3 Å². The lowest BCUT2D eigenvalue weighted by molar-refractivity contribution is -0.132. The van der Waals surface area contributed by atoms with Crippen LogP contribution in [0.2, 0.25) is 0 Å². The van der Waals surface area contributed by atoms with Crippen molar-refractivity contribution in [2.75, 3.05) is 19.7 Å². The predicted molar refractivity (Wildman–Crippen MR) is 106 cm³/mol. The van der Waals surface area contributed by atoms with Crippen molar-refractivity contribution >= 4 is 11.8 Å². The molecule has 28 heavy (non-hydrogen) atoms. The average Bonchev–Trinajstić information content (AvgIpc) is 2.72. The van der Waals surface area contributed by atoms with E-state index in [2.05, 4.69) is 5.32 Å². The molecule has 3 rings (SSSR count). The standard InChI is InChI=1S/C22H26N2O4/c25-19-7-4-6-17(16-19)22(27)23-18-11-13-24(14-12-18)21(26)10-5-15-28-20-8-2-1-3-9-20/h1-4,6-9,16,18,25H,5,10-15H2,(H,23,27). The number of piperidine rings is 1. The molecule has 0 saturated carbocycles. The molecule has 2 amide bonds. The van der Waals surface area contributed by atoms with Crippen LogP contribution in [0, 0.1) is 0 Å². The van der Waals surface area contributed by atoms with E-state index >= 15 is 0 Å². The molecule has 2 N–H and O–H groups in total. The Morgan fingerprint density at radius 2 is 1.82 bits per heavy atom. The van der Waals surface area contributed by atoms with Gasteiger partial charge in [-0.25, -0.2) is 0 Å². The number of nitrogens with zero attached hydrogens (tertiary/aromatic N) is 1. The smallest absolute Gasteiger partial charge is 0.251 e. The van der Waals surface area contributed by atoms with Crippen LogP contribution in [0.1, 0.15) is 36.0 Å². The largest absolute Gasteiger partial charge is 0.508 e. The average molecular weight is 382 g/mol. The Morgan fingerprint density at radius 3 is 2.54 bits per heavy atom. The van der Waals surface area contributed by atoms with Gasteiger partial charge in [0.15, 0.2) is 0 Å². The first-order valence-electron chi connectivity index (χ1n) is 9.67. The van der Waals surface area contributed by atoms with Crippen LogP contribution in [-0.2, 0) is 4.79 Å². The Hall–Kier alpha value is -3.02.